The quantitative estimate of drug-likeness (QED) is 0.840. The molecule has 0 aromatic carbocycles. The Morgan fingerprint density at radius 3 is 2.65 bits per heavy atom. The van der Waals surface area contributed by atoms with Gasteiger partial charge >= 0.3 is 0 Å². The van der Waals surface area contributed by atoms with Crippen LogP contribution >= 0.6 is 12.4 Å². The van der Waals surface area contributed by atoms with Crippen LogP contribution in [0.3, 0.4) is 0 Å². The zero-order valence-electron chi connectivity index (χ0n) is 13.2. The lowest BCUT2D eigenvalue weighted by molar-refractivity contribution is -0.136. The van der Waals surface area contributed by atoms with Crippen LogP contribution in [-0.2, 0) is 4.79 Å². The third-order valence-electron chi connectivity index (χ3n) is 4.77. The first-order valence-corrected chi connectivity index (χ1v) is 7.83. The maximum atomic E-state index is 12.6. The minimum Gasteiger partial charge on any atom is -0.342 e. The first-order chi connectivity index (χ1) is 9.09. The van der Waals surface area contributed by atoms with Crippen molar-refractivity contribution in [1.82, 2.24) is 15.1 Å². The number of nitrogens with zero attached hydrogens (tertiary/aromatic N) is 2. The monoisotopic (exact) mass is 303 g/mol. The number of nitrogens with one attached hydrogen (secondary N) is 1. The van der Waals surface area contributed by atoms with Crippen molar-refractivity contribution in [3.63, 3.8) is 0 Å². The molecule has 20 heavy (non-hydrogen) atoms. The Bertz CT molecular complexity index is 314. The summed E-state index contributed by atoms with van der Waals surface area (Å²) >= 11 is 0. The molecule has 2 aliphatic heterocycles. The van der Waals surface area contributed by atoms with Crippen molar-refractivity contribution in [2.45, 2.75) is 46.1 Å². The molecule has 2 saturated heterocycles. The summed E-state index contributed by atoms with van der Waals surface area (Å²) in [6.07, 6.45) is 3.44. The van der Waals surface area contributed by atoms with Crippen molar-refractivity contribution < 1.29 is 4.79 Å². The van der Waals surface area contributed by atoms with Crippen molar-refractivity contribution in [1.29, 1.82) is 0 Å². The van der Waals surface area contributed by atoms with Crippen LogP contribution in [0.25, 0.3) is 0 Å². The molecule has 2 rings (SSSR count). The topological polar surface area (TPSA) is 35.6 Å². The maximum Gasteiger partial charge on any atom is 0.239 e. The maximum absolute atomic E-state index is 12.6. The standard InChI is InChI=1S/C15H29N3O.ClH/c1-4-17(5-2)14(19)13-7-6-10-18(13)12-15(3)8-9-16-11-15;/h13,16H,4-12H2,1-3H3;1H. The highest BCUT2D eigenvalue weighted by molar-refractivity contribution is 5.85. The molecule has 0 radical (unpaired) electrons. The van der Waals surface area contributed by atoms with Crippen molar-refractivity contribution in [3.05, 3.63) is 0 Å². The van der Waals surface area contributed by atoms with E-state index in [0.29, 0.717) is 11.3 Å². The van der Waals surface area contributed by atoms with E-state index in [1.807, 2.05) is 4.90 Å². The van der Waals surface area contributed by atoms with Gasteiger partial charge in [-0.05, 0) is 51.6 Å². The zero-order chi connectivity index (χ0) is 13.9. The summed E-state index contributed by atoms with van der Waals surface area (Å²) in [7, 11) is 0. The summed E-state index contributed by atoms with van der Waals surface area (Å²) < 4.78 is 0. The minimum absolute atomic E-state index is 0. The van der Waals surface area contributed by atoms with E-state index in [1.165, 1.54) is 12.8 Å². The molecule has 2 aliphatic rings. The molecular weight excluding hydrogens is 274 g/mol. The molecule has 0 aromatic rings. The predicted molar refractivity (Wildman–Crippen MR) is 85.4 cm³/mol. The molecule has 0 spiro atoms. The fraction of sp³-hybridized carbons (Fsp3) is 0.933. The first kappa shape index (κ1) is 17.7. The van der Waals surface area contributed by atoms with Gasteiger partial charge in [0.15, 0.2) is 0 Å². The zero-order valence-corrected chi connectivity index (χ0v) is 14.0. The second kappa shape index (κ2) is 7.62. The van der Waals surface area contributed by atoms with Crippen molar-refractivity contribution in [2.75, 3.05) is 39.3 Å². The van der Waals surface area contributed by atoms with E-state index in [-0.39, 0.29) is 18.4 Å². The molecule has 118 valence electrons. The van der Waals surface area contributed by atoms with Crippen LogP contribution in [0.1, 0.15) is 40.0 Å². The fourth-order valence-corrected chi connectivity index (χ4v) is 3.54. The number of amides is 1. The average Bonchev–Trinajstić information content (AvgIpc) is 3.00. The Balaban J connectivity index is 0.00000200. The lowest BCUT2D eigenvalue weighted by Crippen LogP contribution is -2.48. The molecule has 0 bridgehead atoms. The highest BCUT2D eigenvalue weighted by Crippen LogP contribution is 2.30. The lowest BCUT2D eigenvalue weighted by Gasteiger charge is -2.34. The molecule has 4 nitrogen and oxygen atoms in total. The van der Waals surface area contributed by atoms with Crippen molar-refractivity contribution in [3.8, 4) is 0 Å². The number of hydrogen-bond donors (Lipinski definition) is 1. The molecular formula is C15H30ClN3O. The number of carbonyl (C=O) groups excluding carboxylic acids is 1. The molecule has 1 N–H and O–H groups in total. The van der Waals surface area contributed by atoms with E-state index < -0.39 is 0 Å². The molecule has 0 aliphatic carbocycles. The largest absolute Gasteiger partial charge is 0.342 e. The van der Waals surface area contributed by atoms with Crippen LogP contribution in [-0.4, -0.2) is 61.0 Å². The number of likely N-dealkylation sites (N-methyl/N-ethyl adjacent to an activating group) is 1. The van der Waals surface area contributed by atoms with E-state index in [4.69, 9.17) is 0 Å². The summed E-state index contributed by atoms with van der Waals surface area (Å²) in [5.41, 5.74) is 0.353. The highest BCUT2D eigenvalue weighted by Gasteiger charge is 2.38. The SMILES string of the molecule is CCN(CC)C(=O)C1CCCN1CC1(C)CCNC1.Cl. The van der Waals surface area contributed by atoms with Gasteiger partial charge in [-0.15, -0.1) is 12.4 Å². The summed E-state index contributed by atoms with van der Waals surface area (Å²) in [6.45, 7) is 12.5. The fourth-order valence-electron chi connectivity index (χ4n) is 3.54. The lowest BCUT2D eigenvalue weighted by atomic mass is 9.89. The number of carbonyl (C=O) groups is 1. The van der Waals surface area contributed by atoms with Gasteiger partial charge in [0, 0.05) is 26.2 Å². The Kier molecular flexibility index (Phi) is 6.76. The molecule has 2 fully saturated rings. The van der Waals surface area contributed by atoms with Crippen LogP contribution in [0.5, 0.6) is 0 Å². The van der Waals surface area contributed by atoms with Gasteiger partial charge in [-0.25, -0.2) is 0 Å². The van der Waals surface area contributed by atoms with Crippen LogP contribution < -0.4 is 5.32 Å². The Labute approximate surface area is 129 Å². The predicted octanol–water partition coefficient (Wildman–Crippen LogP) is 1.74. The van der Waals surface area contributed by atoms with Crippen LogP contribution in [0, 0.1) is 5.41 Å². The Hall–Kier alpha value is -0.320. The number of likely N-dealkylation sites (tertiary alicyclic amines) is 1. The molecule has 2 unspecified atom stereocenters. The van der Waals surface area contributed by atoms with Gasteiger partial charge in [-0.3, -0.25) is 9.69 Å². The van der Waals surface area contributed by atoms with Crippen LogP contribution in [0.2, 0.25) is 0 Å². The Morgan fingerprint density at radius 2 is 2.10 bits per heavy atom. The van der Waals surface area contributed by atoms with E-state index in [9.17, 15) is 4.79 Å². The van der Waals surface area contributed by atoms with Gasteiger partial charge in [0.05, 0.1) is 6.04 Å². The molecule has 2 atom stereocenters. The van der Waals surface area contributed by atoms with Crippen molar-refractivity contribution >= 4 is 18.3 Å². The molecule has 2 heterocycles. The normalized spacial score (nSPS) is 30.2. The van der Waals surface area contributed by atoms with Gasteiger partial charge < -0.3 is 10.2 Å². The van der Waals surface area contributed by atoms with Gasteiger partial charge in [0.2, 0.25) is 5.91 Å². The van der Waals surface area contributed by atoms with Crippen LogP contribution in [0.4, 0.5) is 0 Å². The second-order valence-electron chi connectivity index (χ2n) is 6.38. The van der Waals surface area contributed by atoms with Gasteiger partial charge in [0.25, 0.3) is 0 Å². The summed E-state index contributed by atoms with van der Waals surface area (Å²) in [5.74, 6) is 0.344. The number of rotatable bonds is 5. The molecule has 1 amide bonds. The summed E-state index contributed by atoms with van der Waals surface area (Å²) in [5, 5.41) is 3.45. The van der Waals surface area contributed by atoms with Crippen molar-refractivity contribution in [2.24, 2.45) is 5.41 Å². The van der Waals surface area contributed by atoms with E-state index in [1.54, 1.807) is 0 Å². The molecule has 5 heteroatoms. The van der Waals surface area contributed by atoms with Gasteiger partial charge in [-0.1, -0.05) is 6.92 Å². The first-order valence-electron chi connectivity index (χ1n) is 7.83. The third kappa shape index (κ3) is 3.86. The van der Waals surface area contributed by atoms with E-state index in [0.717, 1.165) is 45.7 Å². The van der Waals surface area contributed by atoms with E-state index >= 15 is 0 Å². The van der Waals surface area contributed by atoms with Crippen LogP contribution in [0.15, 0.2) is 0 Å². The average molecular weight is 304 g/mol. The third-order valence-corrected chi connectivity index (χ3v) is 4.77. The molecule has 0 aromatic heterocycles. The Morgan fingerprint density at radius 1 is 1.40 bits per heavy atom. The smallest absolute Gasteiger partial charge is 0.239 e. The minimum atomic E-state index is 0. The van der Waals surface area contributed by atoms with E-state index in [2.05, 4.69) is 31.0 Å². The number of halogens is 1. The summed E-state index contributed by atoms with van der Waals surface area (Å²) in [4.78, 5) is 17.0. The summed E-state index contributed by atoms with van der Waals surface area (Å²) in [6, 6.07) is 0.136. The van der Waals surface area contributed by atoms with Gasteiger partial charge in [-0.2, -0.15) is 0 Å². The molecule has 0 saturated carbocycles. The highest BCUT2D eigenvalue weighted by atomic mass is 35.5. The second-order valence-corrected chi connectivity index (χ2v) is 6.38. The number of hydrogen-bond acceptors (Lipinski definition) is 3. The van der Waals surface area contributed by atoms with Gasteiger partial charge in [0.1, 0.15) is 0 Å².